The van der Waals surface area contributed by atoms with E-state index < -0.39 is 0 Å². The van der Waals surface area contributed by atoms with Crippen molar-refractivity contribution in [1.29, 1.82) is 0 Å². The van der Waals surface area contributed by atoms with Gasteiger partial charge in [-0.2, -0.15) is 0 Å². The summed E-state index contributed by atoms with van der Waals surface area (Å²) in [5.74, 6) is 6.18. The number of fused-ring (bicyclic) bond motifs is 5. The molecule has 4 heteroatoms. The van der Waals surface area contributed by atoms with E-state index in [2.05, 4.69) is 116 Å². The van der Waals surface area contributed by atoms with E-state index in [4.69, 9.17) is 0 Å². The third kappa shape index (κ3) is 23.9. The van der Waals surface area contributed by atoms with Crippen LogP contribution in [0.15, 0.2) is 53.8 Å². The molecule has 0 aliphatic heterocycles. The van der Waals surface area contributed by atoms with Crippen molar-refractivity contribution in [2.45, 2.75) is 293 Å². The Bertz CT molecular complexity index is 1650. The number of nitrogens with one attached hydrogen (secondary N) is 1. The summed E-state index contributed by atoms with van der Waals surface area (Å²) in [5, 5.41) is 3.90. The minimum atomic E-state index is 0.285. The minimum Gasteiger partial charge on any atom is -0.313 e. The van der Waals surface area contributed by atoms with Gasteiger partial charge < -0.3 is 10.2 Å². The van der Waals surface area contributed by atoms with E-state index in [1.165, 1.54) is 180 Å². The zero-order valence-corrected chi connectivity index (χ0v) is 51.2. The van der Waals surface area contributed by atoms with E-state index >= 15 is 0 Å². The number of allylic oxidation sites excluding steroid dienone is 6. The zero-order chi connectivity index (χ0) is 54.2. The quantitative estimate of drug-likeness (QED) is 0.0377. The molecule has 4 rings (SSSR count). The van der Waals surface area contributed by atoms with Gasteiger partial charge >= 0.3 is 0 Å². The number of ketones is 2. The second-order valence-electron chi connectivity index (χ2n) is 26.4. The van der Waals surface area contributed by atoms with E-state index in [1.54, 1.807) is 17.2 Å². The van der Waals surface area contributed by atoms with Crippen molar-refractivity contribution in [3.05, 3.63) is 53.8 Å². The maximum atomic E-state index is 13.4. The molecular weight excluding hydrogens is 901 g/mol. The number of rotatable bonds is 40. The van der Waals surface area contributed by atoms with Crippen LogP contribution in [-0.4, -0.2) is 49.7 Å². The molecule has 0 amide bonds. The smallest absolute Gasteiger partial charge is 0.133 e. The average Bonchev–Trinajstić information content (AvgIpc) is 3.72. The van der Waals surface area contributed by atoms with E-state index in [0.29, 0.717) is 58.5 Å². The Morgan fingerprint density at radius 1 is 0.703 bits per heavy atom. The van der Waals surface area contributed by atoms with Gasteiger partial charge in [-0.1, -0.05) is 213 Å². The normalized spacial score (nSPS) is 24.4. The van der Waals surface area contributed by atoms with Crippen LogP contribution >= 0.6 is 0 Å². The Labute approximate surface area is 461 Å². The van der Waals surface area contributed by atoms with Gasteiger partial charge in [0.25, 0.3) is 0 Å². The van der Waals surface area contributed by atoms with Crippen LogP contribution in [0.3, 0.4) is 0 Å². The number of carbonyl (C=O) groups is 2. The molecule has 4 nitrogen and oxygen atoms in total. The first-order valence-electron chi connectivity index (χ1n) is 32.5. The molecule has 0 aromatic carbocycles. The van der Waals surface area contributed by atoms with Gasteiger partial charge in [-0.3, -0.25) is 9.59 Å². The van der Waals surface area contributed by atoms with Crippen molar-refractivity contribution >= 4 is 11.6 Å². The lowest BCUT2D eigenvalue weighted by Crippen LogP contribution is -2.46. The molecule has 1 N–H and O–H groups in total. The van der Waals surface area contributed by atoms with Gasteiger partial charge in [0.2, 0.25) is 0 Å². The van der Waals surface area contributed by atoms with Crippen LogP contribution in [0.5, 0.6) is 0 Å². The first kappa shape index (κ1) is 66.3. The summed E-state index contributed by atoms with van der Waals surface area (Å²) in [5.41, 5.74) is 7.75. The van der Waals surface area contributed by atoms with E-state index in [9.17, 15) is 9.59 Å². The second kappa shape index (κ2) is 37.7. The average molecular weight is 1030 g/mol. The number of hydrogen-bond donors (Lipinski definition) is 1. The number of carbonyl (C=O) groups excluding carboxylic acids is 2. The van der Waals surface area contributed by atoms with Gasteiger partial charge in [0, 0.05) is 44.8 Å². The van der Waals surface area contributed by atoms with Crippen molar-refractivity contribution < 1.29 is 9.59 Å². The van der Waals surface area contributed by atoms with Gasteiger partial charge in [0.1, 0.15) is 11.6 Å². The van der Waals surface area contributed by atoms with Crippen LogP contribution in [0.25, 0.3) is 0 Å². The van der Waals surface area contributed by atoms with E-state index in [0.717, 1.165) is 69.9 Å². The number of nitrogens with zero attached hydrogens (tertiary/aromatic N) is 1. The van der Waals surface area contributed by atoms with Crippen LogP contribution in [0.2, 0.25) is 0 Å². The zero-order valence-electron chi connectivity index (χ0n) is 51.2. The Morgan fingerprint density at radius 2 is 1.26 bits per heavy atom. The highest BCUT2D eigenvalue weighted by atomic mass is 16.1. The molecule has 0 saturated heterocycles. The summed E-state index contributed by atoms with van der Waals surface area (Å²) in [7, 11) is 4.33. The first-order valence-corrected chi connectivity index (χ1v) is 32.5. The molecule has 4 aliphatic carbocycles. The molecule has 74 heavy (non-hydrogen) atoms. The number of unbranched alkanes of at least 4 members (excludes halogenated alkanes) is 16. The SMILES string of the molecule is C=CC.CCCCCCCCC(CCCCCCCC)CC(=O)CCCCCCC(CCCCCCC(=O)CC1CCC2(C)C(=CC=C3C2CCC2(C)C3CCC2C(C)C=C=CC(C)C(C)C)C1)NCCN(C)C. The van der Waals surface area contributed by atoms with Crippen molar-refractivity contribution in [3.8, 4) is 0 Å². The van der Waals surface area contributed by atoms with E-state index in [-0.39, 0.29) is 5.41 Å². The summed E-state index contributed by atoms with van der Waals surface area (Å²) in [4.78, 5) is 28.9. The molecule has 0 aromatic rings. The van der Waals surface area contributed by atoms with Crippen LogP contribution in [0.1, 0.15) is 287 Å². The number of likely N-dealkylation sites (N-methyl/N-ethyl adjacent to an activating group) is 1. The first-order chi connectivity index (χ1) is 35.6. The highest BCUT2D eigenvalue weighted by Crippen LogP contribution is 2.66. The fraction of sp³-hybridized carbons (Fsp3) is 0.843. The number of hydrogen-bond acceptors (Lipinski definition) is 4. The third-order valence-electron chi connectivity index (χ3n) is 19.6. The van der Waals surface area contributed by atoms with Gasteiger partial charge in [-0.15, -0.1) is 12.3 Å². The third-order valence-corrected chi connectivity index (χ3v) is 19.6. The maximum Gasteiger partial charge on any atom is 0.133 e. The molecular formula is C70H124N2O2. The lowest BCUT2D eigenvalue weighted by Gasteiger charge is -2.55. The highest BCUT2D eigenvalue weighted by molar-refractivity contribution is 5.79. The molecule has 0 spiro atoms. The van der Waals surface area contributed by atoms with Crippen LogP contribution in [-0.2, 0) is 9.59 Å². The van der Waals surface area contributed by atoms with Crippen LogP contribution in [0.4, 0.5) is 0 Å². The predicted octanol–water partition coefficient (Wildman–Crippen LogP) is 20.2. The standard InChI is InChI=1S/C67H118N2O2.C3H6/c1-11-13-15-17-19-25-34-56(35-26-20-18-16-14-12-2)51-60(70)38-29-23-21-27-36-59(68-48-49-69(9)10)37-28-22-24-30-39-61(71)52-57-44-46-66(7)58(50-57)40-41-62-64-43-42-63(67(64,8)47-45-65(62)66)55(6)33-31-32-54(5)53(3)4;1-3-2/h32-33,40-41,53-57,59,63-65,68H,11-30,34-39,42-52H2,1-10H3;3H,1H2,2H3. The molecule has 3 saturated carbocycles. The molecule has 0 heterocycles. The molecule has 3 fully saturated rings. The monoisotopic (exact) mass is 1020 g/mol. The van der Waals surface area contributed by atoms with Crippen LogP contribution < -0.4 is 5.32 Å². The van der Waals surface area contributed by atoms with Gasteiger partial charge in [-0.25, -0.2) is 0 Å². The Kier molecular flexibility index (Phi) is 33.8. The molecule has 9 atom stereocenters. The fourth-order valence-electron chi connectivity index (χ4n) is 14.4. The molecule has 9 unspecified atom stereocenters. The highest BCUT2D eigenvalue weighted by Gasteiger charge is 2.57. The summed E-state index contributed by atoms with van der Waals surface area (Å²) in [6, 6.07) is 0.574. The lowest BCUT2D eigenvalue weighted by atomic mass is 9.49. The Hall–Kier alpha value is -2.00. The number of Topliss-reactive ketones (excluding diaryl/α,β-unsaturated/α-hetero) is 2. The molecule has 426 valence electrons. The molecule has 0 bridgehead atoms. The Morgan fingerprint density at radius 3 is 1.84 bits per heavy atom. The summed E-state index contributed by atoms with van der Waals surface area (Å²) >= 11 is 0. The predicted molar refractivity (Wildman–Crippen MR) is 325 cm³/mol. The van der Waals surface area contributed by atoms with Gasteiger partial charge in [0.05, 0.1) is 0 Å². The molecule has 0 radical (unpaired) electrons. The largest absolute Gasteiger partial charge is 0.313 e. The minimum absolute atomic E-state index is 0.285. The topological polar surface area (TPSA) is 49.4 Å². The maximum absolute atomic E-state index is 13.4. The van der Waals surface area contributed by atoms with Crippen molar-refractivity contribution in [2.75, 3.05) is 27.2 Å². The fourth-order valence-corrected chi connectivity index (χ4v) is 14.4. The van der Waals surface area contributed by atoms with Crippen LogP contribution in [0, 0.1) is 58.2 Å². The molecule has 0 aromatic heterocycles. The summed E-state index contributed by atoms with van der Waals surface area (Å²) in [6.45, 7) is 26.6. The Balaban J connectivity index is 0.00000469. The summed E-state index contributed by atoms with van der Waals surface area (Å²) in [6.07, 6.45) is 54.5. The van der Waals surface area contributed by atoms with Gasteiger partial charge in [0.15, 0.2) is 0 Å². The lowest BCUT2D eigenvalue weighted by molar-refractivity contribution is -0.121. The summed E-state index contributed by atoms with van der Waals surface area (Å²) < 4.78 is 0. The van der Waals surface area contributed by atoms with Crippen molar-refractivity contribution in [2.24, 2.45) is 58.2 Å². The van der Waals surface area contributed by atoms with Crippen molar-refractivity contribution in [1.82, 2.24) is 10.2 Å². The van der Waals surface area contributed by atoms with E-state index in [1.807, 2.05) is 6.92 Å². The molecule has 4 aliphatic rings. The van der Waals surface area contributed by atoms with Gasteiger partial charge in [-0.05, 0) is 162 Å². The van der Waals surface area contributed by atoms with Crippen molar-refractivity contribution in [3.63, 3.8) is 0 Å². The second-order valence-corrected chi connectivity index (χ2v) is 26.4.